The van der Waals surface area contributed by atoms with Crippen molar-refractivity contribution >= 4 is 27.7 Å². The molecular formula is C10H15BrN4O2. The summed E-state index contributed by atoms with van der Waals surface area (Å²) in [5, 5.41) is 0. The minimum Gasteiger partial charge on any atom is -0.368 e. The van der Waals surface area contributed by atoms with E-state index in [-0.39, 0.29) is 12.1 Å². The number of nitrogens with one attached hydrogen (secondary N) is 1. The number of amides is 1. The van der Waals surface area contributed by atoms with Crippen molar-refractivity contribution in [1.82, 2.24) is 9.97 Å². The van der Waals surface area contributed by atoms with Gasteiger partial charge in [-0.1, -0.05) is 13.8 Å². The molecule has 0 saturated carbocycles. The van der Waals surface area contributed by atoms with Gasteiger partial charge in [-0.3, -0.25) is 9.59 Å². The van der Waals surface area contributed by atoms with Gasteiger partial charge in [-0.25, -0.2) is 4.98 Å². The predicted molar refractivity (Wildman–Crippen MR) is 68.8 cm³/mol. The highest BCUT2D eigenvalue weighted by atomic mass is 79.9. The van der Waals surface area contributed by atoms with Crippen LogP contribution in [0.4, 0.5) is 5.82 Å². The average molecular weight is 303 g/mol. The lowest BCUT2D eigenvalue weighted by Gasteiger charge is -2.24. The average Bonchev–Trinajstić information content (AvgIpc) is 2.19. The van der Waals surface area contributed by atoms with Gasteiger partial charge in [0, 0.05) is 6.54 Å². The summed E-state index contributed by atoms with van der Waals surface area (Å²) in [7, 11) is 0. The highest BCUT2D eigenvalue weighted by molar-refractivity contribution is 9.10. The first kappa shape index (κ1) is 13.7. The number of halogens is 1. The van der Waals surface area contributed by atoms with Gasteiger partial charge in [0.25, 0.3) is 5.56 Å². The number of aromatic nitrogens is 2. The van der Waals surface area contributed by atoms with E-state index in [1.807, 2.05) is 13.8 Å². The number of H-pyrrole nitrogens is 1. The van der Waals surface area contributed by atoms with E-state index >= 15 is 0 Å². The van der Waals surface area contributed by atoms with Gasteiger partial charge in [0.2, 0.25) is 5.91 Å². The van der Waals surface area contributed by atoms with Crippen LogP contribution in [-0.2, 0) is 4.79 Å². The van der Waals surface area contributed by atoms with E-state index in [9.17, 15) is 9.59 Å². The maximum absolute atomic E-state index is 11.4. The number of aromatic amines is 1. The van der Waals surface area contributed by atoms with Crippen LogP contribution in [0, 0.1) is 5.92 Å². The third-order valence-corrected chi connectivity index (χ3v) is 2.72. The molecule has 0 aliphatic carbocycles. The Bertz CT molecular complexity index is 458. The molecule has 0 aliphatic rings. The zero-order valence-electron chi connectivity index (χ0n) is 9.74. The van der Waals surface area contributed by atoms with Gasteiger partial charge < -0.3 is 15.6 Å². The Labute approximate surface area is 107 Å². The molecule has 0 bridgehead atoms. The number of rotatable bonds is 5. The van der Waals surface area contributed by atoms with Crippen LogP contribution in [0.25, 0.3) is 0 Å². The summed E-state index contributed by atoms with van der Waals surface area (Å²) in [6.07, 6.45) is 1.30. The Morgan fingerprint density at radius 3 is 2.82 bits per heavy atom. The van der Waals surface area contributed by atoms with Crippen LogP contribution in [0.3, 0.4) is 0 Å². The maximum atomic E-state index is 11.4. The van der Waals surface area contributed by atoms with Crippen LogP contribution in [-0.4, -0.2) is 29.0 Å². The number of hydrogen-bond donors (Lipinski definition) is 2. The topological polar surface area (TPSA) is 92.1 Å². The molecule has 1 rings (SSSR count). The van der Waals surface area contributed by atoms with E-state index in [1.165, 1.54) is 6.33 Å². The van der Waals surface area contributed by atoms with Gasteiger partial charge in [-0.15, -0.1) is 0 Å². The second kappa shape index (κ2) is 5.81. The first-order chi connectivity index (χ1) is 7.91. The third-order valence-electron chi connectivity index (χ3n) is 2.01. The summed E-state index contributed by atoms with van der Waals surface area (Å²) in [6, 6.07) is 0. The number of nitrogens with two attached hydrogens (primary N) is 1. The quantitative estimate of drug-likeness (QED) is 0.827. The molecule has 17 heavy (non-hydrogen) atoms. The zero-order chi connectivity index (χ0) is 13.0. The first-order valence-corrected chi connectivity index (χ1v) is 5.97. The molecule has 0 aliphatic heterocycles. The Morgan fingerprint density at radius 2 is 2.29 bits per heavy atom. The molecule has 0 spiro atoms. The Hall–Kier alpha value is -1.37. The summed E-state index contributed by atoms with van der Waals surface area (Å²) < 4.78 is 0.307. The standard InChI is InChI=1S/C10H15BrN4O2/c1-6(2)3-15(4-7(12)16)9-8(11)10(17)14-5-13-9/h5-6H,3-4H2,1-2H3,(H2,12,16)(H,13,14,17). The Balaban J connectivity index is 3.07. The van der Waals surface area contributed by atoms with Crippen molar-refractivity contribution in [1.29, 1.82) is 0 Å². The minimum absolute atomic E-state index is 0.0350. The van der Waals surface area contributed by atoms with Gasteiger partial charge >= 0.3 is 0 Å². The molecule has 3 N–H and O–H groups in total. The molecule has 1 heterocycles. The molecule has 0 fully saturated rings. The van der Waals surface area contributed by atoms with Crippen LogP contribution in [0.2, 0.25) is 0 Å². The van der Waals surface area contributed by atoms with Crippen LogP contribution in [0.15, 0.2) is 15.6 Å². The van der Waals surface area contributed by atoms with Crippen molar-refractivity contribution in [2.45, 2.75) is 13.8 Å². The second-order valence-corrected chi connectivity index (χ2v) is 4.90. The first-order valence-electron chi connectivity index (χ1n) is 5.18. The molecule has 1 aromatic rings. The van der Waals surface area contributed by atoms with Gasteiger partial charge in [0.1, 0.15) is 4.47 Å². The number of anilines is 1. The summed E-state index contributed by atoms with van der Waals surface area (Å²) in [5.74, 6) is 0.295. The summed E-state index contributed by atoms with van der Waals surface area (Å²) in [4.78, 5) is 30.6. The number of carbonyl (C=O) groups excluding carboxylic acids is 1. The van der Waals surface area contributed by atoms with E-state index < -0.39 is 5.91 Å². The molecular weight excluding hydrogens is 288 g/mol. The second-order valence-electron chi connectivity index (χ2n) is 4.11. The summed E-state index contributed by atoms with van der Waals surface area (Å²) in [5.41, 5.74) is 4.90. The molecule has 0 saturated heterocycles. The van der Waals surface area contributed by atoms with Crippen LogP contribution >= 0.6 is 15.9 Å². The molecule has 7 heteroatoms. The van der Waals surface area contributed by atoms with Crippen LogP contribution in [0.1, 0.15) is 13.8 Å². The fourth-order valence-electron chi connectivity index (χ4n) is 1.45. The maximum Gasteiger partial charge on any atom is 0.267 e. The number of carbonyl (C=O) groups is 1. The van der Waals surface area contributed by atoms with E-state index in [1.54, 1.807) is 4.90 Å². The van der Waals surface area contributed by atoms with Gasteiger partial charge in [-0.05, 0) is 21.8 Å². The molecule has 6 nitrogen and oxygen atoms in total. The third kappa shape index (κ3) is 3.85. The summed E-state index contributed by atoms with van der Waals surface area (Å²) in [6.45, 7) is 4.65. The van der Waals surface area contributed by atoms with E-state index in [0.717, 1.165) is 0 Å². The smallest absolute Gasteiger partial charge is 0.267 e. The number of hydrogen-bond acceptors (Lipinski definition) is 4. The van der Waals surface area contributed by atoms with Crippen molar-refractivity contribution in [2.24, 2.45) is 11.7 Å². The Morgan fingerprint density at radius 1 is 1.65 bits per heavy atom. The van der Waals surface area contributed by atoms with E-state index in [0.29, 0.717) is 22.8 Å². The lowest BCUT2D eigenvalue weighted by atomic mass is 10.2. The molecule has 0 aromatic carbocycles. The summed E-state index contributed by atoms with van der Waals surface area (Å²) >= 11 is 3.16. The predicted octanol–water partition coefficient (Wildman–Crippen LogP) is 0.480. The van der Waals surface area contributed by atoms with Crippen molar-refractivity contribution in [3.05, 3.63) is 21.2 Å². The SMILES string of the molecule is CC(C)CN(CC(N)=O)c1nc[nH]c(=O)c1Br. The van der Waals surface area contributed by atoms with Crippen LogP contribution < -0.4 is 16.2 Å². The fraction of sp³-hybridized carbons (Fsp3) is 0.500. The molecule has 1 amide bonds. The normalized spacial score (nSPS) is 10.6. The minimum atomic E-state index is -0.459. The molecule has 0 atom stereocenters. The van der Waals surface area contributed by atoms with Crippen molar-refractivity contribution < 1.29 is 4.79 Å². The molecule has 0 unspecified atom stereocenters. The van der Waals surface area contributed by atoms with Crippen LogP contribution in [0.5, 0.6) is 0 Å². The zero-order valence-corrected chi connectivity index (χ0v) is 11.3. The number of primary amides is 1. The van der Waals surface area contributed by atoms with Gasteiger partial charge in [-0.2, -0.15) is 0 Å². The Kier molecular flexibility index (Phi) is 4.68. The lowest BCUT2D eigenvalue weighted by Crippen LogP contribution is -2.37. The highest BCUT2D eigenvalue weighted by Crippen LogP contribution is 2.19. The van der Waals surface area contributed by atoms with Crippen molar-refractivity contribution in [3.8, 4) is 0 Å². The molecule has 0 radical (unpaired) electrons. The van der Waals surface area contributed by atoms with E-state index in [2.05, 4.69) is 25.9 Å². The highest BCUT2D eigenvalue weighted by Gasteiger charge is 2.16. The largest absolute Gasteiger partial charge is 0.368 e. The van der Waals surface area contributed by atoms with Gasteiger partial charge in [0.05, 0.1) is 12.9 Å². The number of nitrogens with zero attached hydrogens (tertiary/aromatic N) is 2. The molecule has 1 aromatic heterocycles. The molecule has 94 valence electrons. The monoisotopic (exact) mass is 302 g/mol. The lowest BCUT2D eigenvalue weighted by molar-refractivity contribution is -0.116. The van der Waals surface area contributed by atoms with E-state index in [4.69, 9.17) is 5.73 Å². The van der Waals surface area contributed by atoms with Gasteiger partial charge in [0.15, 0.2) is 5.82 Å². The van der Waals surface area contributed by atoms with Crippen molar-refractivity contribution in [2.75, 3.05) is 18.0 Å². The fourth-order valence-corrected chi connectivity index (χ4v) is 1.92. The van der Waals surface area contributed by atoms with Crippen molar-refractivity contribution in [3.63, 3.8) is 0 Å².